The van der Waals surface area contributed by atoms with E-state index in [2.05, 4.69) is 0 Å². The van der Waals surface area contributed by atoms with Gasteiger partial charge in [-0.25, -0.2) is 4.79 Å². The van der Waals surface area contributed by atoms with Crippen LogP contribution in [0.25, 0.3) is 0 Å². The maximum absolute atomic E-state index is 12.4. The number of benzene rings is 2. The molecule has 2 atom stereocenters. The van der Waals surface area contributed by atoms with Crippen LogP contribution in [0, 0.1) is 0 Å². The van der Waals surface area contributed by atoms with Crippen molar-refractivity contribution in [3.63, 3.8) is 0 Å². The molecule has 1 heterocycles. The molecule has 6 nitrogen and oxygen atoms in total. The first-order valence-electron chi connectivity index (χ1n) is 8.28. The number of halogens is 1. The highest BCUT2D eigenvalue weighted by atomic mass is 35.5. The highest BCUT2D eigenvalue weighted by Crippen LogP contribution is 2.25. The lowest BCUT2D eigenvalue weighted by Gasteiger charge is -2.22. The van der Waals surface area contributed by atoms with Crippen molar-refractivity contribution in [3.8, 4) is 0 Å². The van der Waals surface area contributed by atoms with Gasteiger partial charge >= 0.3 is 5.97 Å². The second-order valence-electron chi connectivity index (χ2n) is 6.16. The van der Waals surface area contributed by atoms with Crippen molar-refractivity contribution in [2.45, 2.75) is 26.0 Å². The van der Waals surface area contributed by atoms with Gasteiger partial charge in [-0.3, -0.25) is 19.3 Å². The number of amides is 2. The Morgan fingerprint density at radius 2 is 1.56 bits per heavy atom. The topological polar surface area (TPSA) is 80.8 Å². The van der Waals surface area contributed by atoms with Gasteiger partial charge in [0.25, 0.3) is 11.8 Å². The number of nitrogens with zero attached hydrogens (tertiary/aromatic N) is 1. The number of carbonyl (C=O) groups is 4. The number of Topliss-reactive ketones (excluding diaryl/α,β-unsaturated/α-hetero) is 1. The minimum atomic E-state index is -1.16. The van der Waals surface area contributed by atoms with Crippen molar-refractivity contribution < 1.29 is 23.9 Å². The molecule has 2 unspecified atom stereocenters. The number of hydrogen-bond donors (Lipinski definition) is 0. The Balaban J connectivity index is 1.72. The van der Waals surface area contributed by atoms with Gasteiger partial charge in [0.05, 0.1) is 11.1 Å². The SMILES string of the molecule is CC(OC(=O)C(C)N1C(=O)c2ccccc2C1=O)C(=O)c1cccc(Cl)c1. The molecule has 0 aliphatic carbocycles. The van der Waals surface area contributed by atoms with Crippen LogP contribution in [0.3, 0.4) is 0 Å². The minimum absolute atomic E-state index is 0.241. The van der Waals surface area contributed by atoms with E-state index in [1.165, 1.54) is 32.0 Å². The van der Waals surface area contributed by atoms with Crippen molar-refractivity contribution in [2.24, 2.45) is 0 Å². The van der Waals surface area contributed by atoms with E-state index in [1.807, 2.05) is 0 Å². The highest BCUT2D eigenvalue weighted by Gasteiger charge is 2.41. The molecule has 0 bridgehead atoms. The van der Waals surface area contributed by atoms with Gasteiger partial charge in [-0.15, -0.1) is 0 Å². The largest absolute Gasteiger partial charge is 0.453 e. The van der Waals surface area contributed by atoms with Crippen LogP contribution >= 0.6 is 11.6 Å². The number of ether oxygens (including phenoxy) is 1. The summed E-state index contributed by atoms with van der Waals surface area (Å²) in [6.45, 7) is 2.82. The van der Waals surface area contributed by atoms with Crippen LogP contribution in [0.1, 0.15) is 44.9 Å². The summed E-state index contributed by atoms with van der Waals surface area (Å²) >= 11 is 5.87. The Hall–Kier alpha value is -2.99. The average molecular weight is 386 g/mol. The van der Waals surface area contributed by atoms with E-state index in [9.17, 15) is 19.2 Å². The van der Waals surface area contributed by atoms with Gasteiger partial charge in [0, 0.05) is 10.6 Å². The normalized spacial score (nSPS) is 15.3. The number of esters is 1. The second kappa shape index (κ2) is 7.32. The van der Waals surface area contributed by atoms with Gasteiger partial charge in [0.1, 0.15) is 6.04 Å². The van der Waals surface area contributed by atoms with Gasteiger partial charge in [-0.2, -0.15) is 0 Å². The Morgan fingerprint density at radius 1 is 0.963 bits per heavy atom. The fraction of sp³-hybridized carbons (Fsp3) is 0.200. The summed E-state index contributed by atoms with van der Waals surface area (Å²) in [5.74, 6) is -2.39. The molecule has 7 heteroatoms. The third kappa shape index (κ3) is 3.48. The number of imide groups is 1. The molecule has 0 saturated heterocycles. The van der Waals surface area contributed by atoms with E-state index in [4.69, 9.17) is 16.3 Å². The van der Waals surface area contributed by atoms with Crippen molar-refractivity contribution in [1.82, 2.24) is 4.90 Å². The van der Waals surface area contributed by atoms with E-state index in [1.54, 1.807) is 30.3 Å². The van der Waals surface area contributed by atoms with Crippen LogP contribution in [-0.2, 0) is 9.53 Å². The van der Waals surface area contributed by atoms with Crippen LogP contribution in [0.4, 0.5) is 0 Å². The molecule has 2 aromatic rings. The molecule has 2 aromatic carbocycles. The summed E-state index contributed by atoms with van der Waals surface area (Å²) in [6, 6.07) is 11.5. The molecule has 27 heavy (non-hydrogen) atoms. The van der Waals surface area contributed by atoms with E-state index < -0.39 is 35.7 Å². The summed E-state index contributed by atoms with van der Waals surface area (Å²) in [6.07, 6.45) is -1.09. The minimum Gasteiger partial charge on any atom is -0.453 e. The molecule has 1 aliphatic rings. The zero-order valence-corrected chi connectivity index (χ0v) is 15.4. The standard InChI is InChI=1S/C20H16ClNO5/c1-11(22-18(24)15-8-3-4-9-16(15)19(22)25)20(26)27-12(2)17(23)13-6-5-7-14(21)10-13/h3-12H,1-2H3. The average Bonchev–Trinajstić information content (AvgIpc) is 2.91. The zero-order valence-electron chi connectivity index (χ0n) is 14.6. The molecule has 0 aromatic heterocycles. The molecule has 2 amide bonds. The van der Waals surface area contributed by atoms with Crippen LogP contribution in [0.5, 0.6) is 0 Å². The molecule has 0 N–H and O–H groups in total. The maximum atomic E-state index is 12.4. The van der Waals surface area contributed by atoms with Crippen LogP contribution in [0.2, 0.25) is 5.02 Å². The molecule has 3 rings (SSSR count). The number of fused-ring (bicyclic) bond motifs is 1. The van der Waals surface area contributed by atoms with Crippen molar-refractivity contribution in [1.29, 1.82) is 0 Å². The summed E-state index contributed by atoms with van der Waals surface area (Å²) in [7, 11) is 0. The van der Waals surface area contributed by atoms with E-state index in [0.29, 0.717) is 10.6 Å². The second-order valence-corrected chi connectivity index (χ2v) is 6.59. The Bertz CT molecular complexity index is 920. The Kier molecular flexibility index (Phi) is 5.10. The van der Waals surface area contributed by atoms with Gasteiger partial charge in [-0.05, 0) is 38.1 Å². The number of hydrogen-bond acceptors (Lipinski definition) is 5. The molecule has 1 aliphatic heterocycles. The molecular formula is C20H16ClNO5. The third-order valence-electron chi connectivity index (χ3n) is 4.33. The molecule has 0 fully saturated rings. The summed E-state index contributed by atoms with van der Waals surface area (Å²) in [5.41, 5.74) is 0.784. The maximum Gasteiger partial charge on any atom is 0.329 e. The molecule has 0 spiro atoms. The molecular weight excluding hydrogens is 370 g/mol. The fourth-order valence-electron chi connectivity index (χ4n) is 2.87. The quantitative estimate of drug-likeness (QED) is 0.448. The fourth-order valence-corrected chi connectivity index (χ4v) is 3.06. The predicted molar refractivity (Wildman–Crippen MR) is 97.7 cm³/mol. The molecule has 0 saturated carbocycles. The Labute approximate surface area is 160 Å². The molecule has 138 valence electrons. The number of rotatable bonds is 5. The van der Waals surface area contributed by atoms with Gasteiger partial charge in [-0.1, -0.05) is 35.9 Å². The van der Waals surface area contributed by atoms with Gasteiger partial charge in [0.15, 0.2) is 6.10 Å². The van der Waals surface area contributed by atoms with Crippen LogP contribution < -0.4 is 0 Å². The highest BCUT2D eigenvalue weighted by molar-refractivity contribution is 6.31. The Morgan fingerprint density at radius 3 is 2.11 bits per heavy atom. The van der Waals surface area contributed by atoms with Gasteiger partial charge < -0.3 is 4.74 Å². The molecule has 0 radical (unpaired) electrons. The number of ketones is 1. The predicted octanol–water partition coefficient (Wildman–Crippen LogP) is 3.14. The summed E-state index contributed by atoms with van der Waals surface area (Å²) < 4.78 is 5.20. The van der Waals surface area contributed by atoms with Gasteiger partial charge in [0.2, 0.25) is 5.78 Å². The van der Waals surface area contributed by atoms with E-state index >= 15 is 0 Å². The van der Waals surface area contributed by atoms with Crippen molar-refractivity contribution in [2.75, 3.05) is 0 Å². The summed E-state index contributed by atoms with van der Waals surface area (Å²) in [4.78, 5) is 50.6. The van der Waals surface area contributed by atoms with Crippen molar-refractivity contribution >= 4 is 35.2 Å². The number of carbonyl (C=O) groups excluding carboxylic acids is 4. The zero-order chi connectivity index (χ0) is 19.7. The van der Waals surface area contributed by atoms with E-state index in [-0.39, 0.29) is 11.1 Å². The lowest BCUT2D eigenvalue weighted by atomic mass is 10.1. The van der Waals surface area contributed by atoms with E-state index in [0.717, 1.165) is 4.90 Å². The lowest BCUT2D eigenvalue weighted by molar-refractivity contribution is -0.150. The summed E-state index contributed by atoms with van der Waals surface area (Å²) in [5, 5.41) is 0.388. The monoisotopic (exact) mass is 385 g/mol. The van der Waals surface area contributed by atoms with Crippen molar-refractivity contribution in [3.05, 3.63) is 70.2 Å². The first kappa shape index (κ1) is 18.8. The van der Waals surface area contributed by atoms with Crippen LogP contribution in [-0.4, -0.2) is 40.6 Å². The smallest absolute Gasteiger partial charge is 0.329 e. The lowest BCUT2D eigenvalue weighted by Crippen LogP contribution is -2.45. The first-order valence-corrected chi connectivity index (χ1v) is 8.66. The first-order chi connectivity index (χ1) is 12.8. The van der Waals surface area contributed by atoms with Crippen LogP contribution in [0.15, 0.2) is 48.5 Å². The third-order valence-corrected chi connectivity index (χ3v) is 4.56.